The van der Waals surface area contributed by atoms with Crippen molar-refractivity contribution >= 4 is 5.91 Å². The molecule has 1 amide bonds. The van der Waals surface area contributed by atoms with E-state index in [0.29, 0.717) is 36.3 Å². The summed E-state index contributed by atoms with van der Waals surface area (Å²) in [6.07, 6.45) is -7.21. The van der Waals surface area contributed by atoms with Gasteiger partial charge in [-0.1, -0.05) is 67.1 Å². The van der Waals surface area contributed by atoms with E-state index in [1.165, 1.54) is 0 Å². The number of carbonyl (C=O) groups excluding carboxylic acids is 1. The van der Waals surface area contributed by atoms with Gasteiger partial charge in [-0.05, 0) is 60.8 Å². The molecule has 4 rings (SSSR count). The van der Waals surface area contributed by atoms with Gasteiger partial charge in [-0.3, -0.25) is 9.69 Å². The molecule has 9 heteroatoms. The van der Waals surface area contributed by atoms with Crippen LogP contribution in [0.1, 0.15) is 48.5 Å². The van der Waals surface area contributed by atoms with E-state index in [0.717, 1.165) is 19.3 Å². The highest BCUT2D eigenvalue weighted by Gasteiger charge is 2.47. The third-order valence-electron chi connectivity index (χ3n) is 6.64. The Balaban J connectivity index is 0.00000400. The summed E-state index contributed by atoms with van der Waals surface area (Å²) >= 11 is 0. The van der Waals surface area contributed by atoms with Crippen LogP contribution in [0.15, 0.2) is 78.9 Å². The van der Waals surface area contributed by atoms with E-state index in [1.54, 1.807) is 24.3 Å². The molecule has 3 nitrogen and oxygen atoms in total. The second kappa shape index (κ2) is 10.6. The van der Waals surface area contributed by atoms with Crippen LogP contribution in [0.4, 0.5) is 26.3 Å². The van der Waals surface area contributed by atoms with Crippen LogP contribution in [0, 0.1) is 0 Å². The third kappa shape index (κ3) is 5.66. The molecule has 1 fully saturated rings. The van der Waals surface area contributed by atoms with E-state index in [1.807, 2.05) is 41.3 Å². The monoisotopic (exact) mass is 522 g/mol. The van der Waals surface area contributed by atoms with Crippen LogP contribution in [0.3, 0.4) is 0 Å². The molecular formula is C28H28F6N2O. The average Bonchev–Trinajstić information content (AvgIpc) is 2.89. The lowest BCUT2D eigenvalue weighted by atomic mass is 9.79. The molecule has 0 aliphatic carbocycles. The van der Waals surface area contributed by atoms with E-state index < -0.39 is 41.5 Å². The van der Waals surface area contributed by atoms with Gasteiger partial charge in [0.1, 0.15) is 0 Å². The number of rotatable bonds is 6. The first-order valence-electron chi connectivity index (χ1n) is 12.0. The molecule has 0 aromatic heterocycles. The predicted octanol–water partition coefficient (Wildman–Crippen LogP) is 7.02. The number of hydrogen-bond donors (Lipinski definition) is 1. The molecule has 0 unspecified atom stereocenters. The first-order chi connectivity index (χ1) is 17.5. The van der Waals surface area contributed by atoms with E-state index in [-0.39, 0.29) is 13.1 Å². The molecule has 1 aliphatic rings. The fourth-order valence-electron chi connectivity index (χ4n) is 4.96. The highest BCUT2D eigenvalue weighted by Crippen LogP contribution is 2.39. The van der Waals surface area contributed by atoms with Gasteiger partial charge in [-0.25, -0.2) is 0 Å². The molecule has 0 atom stereocenters. The number of nitrogens with zero attached hydrogens (tertiary/aromatic N) is 1. The lowest BCUT2D eigenvalue weighted by Gasteiger charge is -2.45. The van der Waals surface area contributed by atoms with Crippen molar-refractivity contribution in [2.75, 3.05) is 13.1 Å². The zero-order valence-electron chi connectivity index (χ0n) is 19.9. The summed E-state index contributed by atoms with van der Waals surface area (Å²) in [5, 5.41) is 2.68. The largest absolute Gasteiger partial charge is 0.416 e. The van der Waals surface area contributed by atoms with Crippen molar-refractivity contribution in [1.29, 1.82) is 0 Å². The topological polar surface area (TPSA) is 32.3 Å². The second-order valence-electron chi connectivity index (χ2n) is 9.09. The van der Waals surface area contributed by atoms with Crippen molar-refractivity contribution in [2.24, 2.45) is 0 Å². The number of piperidine rings is 1. The average molecular weight is 523 g/mol. The smallest absolute Gasteiger partial charge is 0.350 e. The highest BCUT2D eigenvalue weighted by molar-refractivity contribution is 5.91. The van der Waals surface area contributed by atoms with Gasteiger partial charge >= 0.3 is 12.4 Å². The Hall–Kier alpha value is -3.33. The first-order valence-corrected chi connectivity index (χ1v) is 12.0. The summed E-state index contributed by atoms with van der Waals surface area (Å²) in [4.78, 5) is 16.2. The van der Waals surface area contributed by atoms with Crippen LogP contribution in [0.25, 0.3) is 0 Å². The van der Waals surface area contributed by atoms with Crippen molar-refractivity contribution in [2.45, 2.75) is 43.7 Å². The fraction of sp³-hybridized carbons (Fsp3) is 0.321. The van der Waals surface area contributed by atoms with Gasteiger partial charge in [0, 0.05) is 7.97 Å². The van der Waals surface area contributed by atoms with Gasteiger partial charge in [0.25, 0.3) is 0 Å². The van der Waals surface area contributed by atoms with Crippen molar-refractivity contribution in [3.8, 4) is 0 Å². The SMILES string of the molecule is O=C(NCc1cc(C(F)(F)F)cc(C(F)(F)F)c1)C(c1ccccc1)(c1ccccc1)N1CCCCC1.[HH]. The van der Waals surface area contributed by atoms with Crippen LogP contribution < -0.4 is 5.32 Å². The summed E-state index contributed by atoms with van der Waals surface area (Å²) in [7, 11) is 0. The Morgan fingerprint density at radius 3 is 1.59 bits per heavy atom. The van der Waals surface area contributed by atoms with Gasteiger partial charge in [-0.15, -0.1) is 0 Å². The number of hydrogen-bond acceptors (Lipinski definition) is 2. The predicted molar refractivity (Wildman–Crippen MR) is 129 cm³/mol. The number of likely N-dealkylation sites (tertiary alicyclic amines) is 1. The van der Waals surface area contributed by atoms with E-state index in [2.05, 4.69) is 5.32 Å². The number of amides is 1. The quantitative estimate of drug-likeness (QED) is 0.353. The Kier molecular flexibility index (Phi) is 7.64. The molecule has 3 aromatic rings. The van der Waals surface area contributed by atoms with Crippen LogP contribution in [-0.4, -0.2) is 23.9 Å². The fourth-order valence-corrected chi connectivity index (χ4v) is 4.96. The number of halogens is 6. The minimum Gasteiger partial charge on any atom is -0.350 e. The molecule has 37 heavy (non-hydrogen) atoms. The van der Waals surface area contributed by atoms with Crippen LogP contribution in [0.2, 0.25) is 0 Å². The van der Waals surface area contributed by atoms with Crippen molar-refractivity contribution in [3.05, 3.63) is 107 Å². The molecule has 1 aliphatic heterocycles. The molecular weight excluding hydrogens is 494 g/mol. The summed E-state index contributed by atoms with van der Waals surface area (Å²) in [5.74, 6) is -0.516. The first kappa shape index (κ1) is 26.7. The second-order valence-corrected chi connectivity index (χ2v) is 9.09. The van der Waals surface area contributed by atoms with Crippen LogP contribution >= 0.6 is 0 Å². The van der Waals surface area contributed by atoms with E-state index >= 15 is 0 Å². The Morgan fingerprint density at radius 2 is 1.16 bits per heavy atom. The molecule has 0 saturated carbocycles. The minimum absolute atomic E-state index is 0. The zero-order chi connectivity index (χ0) is 26.7. The summed E-state index contributed by atoms with van der Waals surface area (Å²) in [6.45, 7) is 0.721. The summed E-state index contributed by atoms with van der Waals surface area (Å²) in [5.41, 5.74) is -3.09. The zero-order valence-corrected chi connectivity index (χ0v) is 19.9. The minimum atomic E-state index is -4.97. The Labute approximate surface area is 212 Å². The van der Waals surface area contributed by atoms with Crippen LogP contribution in [-0.2, 0) is 29.2 Å². The maximum Gasteiger partial charge on any atom is 0.416 e. The molecule has 0 bridgehead atoms. The van der Waals surface area contributed by atoms with Gasteiger partial charge in [-0.2, -0.15) is 26.3 Å². The van der Waals surface area contributed by atoms with Crippen molar-refractivity contribution in [3.63, 3.8) is 0 Å². The van der Waals surface area contributed by atoms with E-state index in [9.17, 15) is 31.1 Å². The summed E-state index contributed by atoms with van der Waals surface area (Å²) < 4.78 is 80.1. The van der Waals surface area contributed by atoms with Gasteiger partial charge in [0.05, 0.1) is 11.1 Å². The number of nitrogens with one attached hydrogen (secondary N) is 1. The lowest BCUT2D eigenvalue weighted by Crippen LogP contribution is -2.58. The van der Waals surface area contributed by atoms with Crippen molar-refractivity contribution < 1.29 is 32.6 Å². The summed E-state index contributed by atoms with van der Waals surface area (Å²) in [6, 6.07) is 19.4. The number of benzene rings is 3. The van der Waals surface area contributed by atoms with E-state index in [4.69, 9.17) is 0 Å². The van der Waals surface area contributed by atoms with Gasteiger partial charge < -0.3 is 5.32 Å². The van der Waals surface area contributed by atoms with Crippen molar-refractivity contribution in [1.82, 2.24) is 10.2 Å². The number of carbonyl (C=O) groups is 1. The maximum atomic E-state index is 14.1. The Morgan fingerprint density at radius 1 is 0.703 bits per heavy atom. The normalized spacial score (nSPS) is 15.4. The molecule has 198 valence electrons. The van der Waals surface area contributed by atoms with Gasteiger partial charge in [0.15, 0.2) is 5.54 Å². The molecule has 0 radical (unpaired) electrons. The molecule has 1 heterocycles. The van der Waals surface area contributed by atoms with Gasteiger partial charge in [0.2, 0.25) is 5.91 Å². The third-order valence-corrected chi connectivity index (χ3v) is 6.64. The standard InChI is InChI=1S/C28H26F6N2O.H2/c29-27(30,31)23-16-20(17-24(18-23)28(32,33)34)19-35-25(37)26(21-10-4-1-5-11-21,22-12-6-2-7-13-22)36-14-8-3-9-15-36;/h1-2,4-7,10-13,16-18H,3,8-9,14-15,19H2,(H,35,37);1H. The maximum absolute atomic E-state index is 14.1. The molecule has 3 aromatic carbocycles. The van der Waals surface area contributed by atoms with Crippen LogP contribution in [0.5, 0.6) is 0 Å². The molecule has 1 saturated heterocycles. The number of alkyl halides is 6. The molecule has 1 N–H and O–H groups in total. The lowest BCUT2D eigenvalue weighted by molar-refractivity contribution is -0.143. The molecule has 0 spiro atoms. The Bertz CT molecular complexity index is 1140. The highest BCUT2D eigenvalue weighted by atomic mass is 19.4.